The maximum absolute atomic E-state index is 6.81. The molecule has 0 saturated carbocycles. The number of fused-ring (bicyclic) bond motifs is 8. The molecule has 0 fully saturated rings. The van der Waals surface area contributed by atoms with Crippen LogP contribution in [0.1, 0.15) is 47.6 Å². The molecule has 0 radical (unpaired) electrons. The molecule has 266 valence electrons. The first kappa shape index (κ1) is 32.9. The fourth-order valence-corrected chi connectivity index (χ4v) is 10.7. The molecule has 8 aromatic carbocycles. The van der Waals surface area contributed by atoms with Gasteiger partial charge in [-0.2, -0.15) is 0 Å². The highest BCUT2D eigenvalue weighted by Gasteiger charge is 2.40. The van der Waals surface area contributed by atoms with Gasteiger partial charge in [-0.05, 0) is 96.4 Å². The molecule has 0 saturated heterocycles. The van der Waals surface area contributed by atoms with Crippen molar-refractivity contribution >= 4 is 43.4 Å². The SMILES string of the molecule is CC1(C)c2c(-c3ccc4c(c3)oc3cc(C(c5ccc(-c6ccccc6)cc5)c5ccc(-c6ccccc6)cc5)ccc34)cccc2-c2sc3ccccc3c21. The minimum Gasteiger partial charge on any atom is -0.456 e. The summed E-state index contributed by atoms with van der Waals surface area (Å²) in [6, 6.07) is 68.6. The summed E-state index contributed by atoms with van der Waals surface area (Å²) >= 11 is 1.92. The zero-order chi connectivity index (χ0) is 37.4. The van der Waals surface area contributed by atoms with Crippen LogP contribution in [0.2, 0.25) is 0 Å². The van der Waals surface area contributed by atoms with Crippen molar-refractivity contribution in [1.82, 2.24) is 0 Å². The topological polar surface area (TPSA) is 13.1 Å². The van der Waals surface area contributed by atoms with Crippen LogP contribution in [0.5, 0.6) is 0 Å². The third-order valence-corrected chi connectivity index (χ3v) is 13.2. The zero-order valence-corrected chi connectivity index (χ0v) is 32.1. The quantitative estimate of drug-likeness (QED) is 0.155. The van der Waals surface area contributed by atoms with Gasteiger partial charge in [-0.1, -0.05) is 178 Å². The van der Waals surface area contributed by atoms with Crippen molar-refractivity contribution < 1.29 is 4.42 Å². The molecule has 1 aliphatic carbocycles. The molecule has 0 amide bonds. The molecule has 2 heterocycles. The van der Waals surface area contributed by atoms with E-state index in [4.69, 9.17) is 4.42 Å². The van der Waals surface area contributed by atoms with Gasteiger partial charge < -0.3 is 4.42 Å². The normalized spacial score (nSPS) is 13.1. The molecule has 2 aromatic heterocycles. The fourth-order valence-electron chi connectivity index (χ4n) is 9.35. The fraction of sp³-hybridized carbons (Fsp3) is 0.0741. The van der Waals surface area contributed by atoms with Gasteiger partial charge >= 0.3 is 0 Å². The highest BCUT2D eigenvalue weighted by molar-refractivity contribution is 7.22. The van der Waals surface area contributed by atoms with E-state index in [9.17, 15) is 0 Å². The molecule has 0 N–H and O–H groups in total. The number of thiophene rings is 1. The summed E-state index contributed by atoms with van der Waals surface area (Å²) in [5.41, 5.74) is 17.0. The summed E-state index contributed by atoms with van der Waals surface area (Å²) < 4.78 is 8.17. The highest BCUT2D eigenvalue weighted by Crippen LogP contribution is 2.57. The lowest BCUT2D eigenvalue weighted by Crippen LogP contribution is -2.16. The number of hydrogen-bond donors (Lipinski definition) is 0. The maximum atomic E-state index is 6.81. The minimum atomic E-state index is -0.119. The van der Waals surface area contributed by atoms with Gasteiger partial charge in [-0.3, -0.25) is 0 Å². The van der Waals surface area contributed by atoms with E-state index < -0.39 is 0 Å². The Morgan fingerprint density at radius 2 is 0.929 bits per heavy atom. The third kappa shape index (κ3) is 5.21. The molecule has 56 heavy (non-hydrogen) atoms. The van der Waals surface area contributed by atoms with Crippen molar-refractivity contribution in [2.75, 3.05) is 0 Å². The summed E-state index contributed by atoms with van der Waals surface area (Å²) in [4.78, 5) is 1.41. The second-order valence-electron chi connectivity index (χ2n) is 15.6. The molecule has 10 aromatic rings. The zero-order valence-electron chi connectivity index (χ0n) is 31.3. The van der Waals surface area contributed by atoms with Gasteiger partial charge in [-0.25, -0.2) is 0 Å². The second kappa shape index (κ2) is 12.8. The van der Waals surface area contributed by atoms with Crippen LogP contribution in [0, 0.1) is 0 Å². The Labute approximate surface area is 331 Å². The average Bonchev–Trinajstić information content (AvgIpc) is 3.90. The standard InChI is InChI=1S/C54H38OS/c1-54(2)51-42(17-11-18-46(51)53-52(54)45-16-9-10-19-49(45)56-53)40-28-30-43-44-31-29-41(33-48(44)55-47(43)32-40)50(38-24-20-36(21-25-38)34-12-5-3-6-13-34)39-26-22-37(23-27-39)35-14-7-4-8-15-35/h3-33,50H,1-2H3. The number of rotatable bonds is 6. The Bertz CT molecular complexity index is 2990. The minimum absolute atomic E-state index is 0.0319. The average molecular weight is 735 g/mol. The van der Waals surface area contributed by atoms with Crippen LogP contribution in [-0.4, -0.2) is 0 Å². The summed E-state index contributed by atoms with van der Waals surface area (Å²) in [6.07, 6.45) is 0. The van der Waals surface area contributed by atoms with Crippen LogP contribution in [0.15, 0.2) is 192 Å². The lowest BCUT2D eigenvalue weighted by molar-refractivity contribution is 0.666. The van der Waals surface area contributed by atoms with E-state index in [-0.39, 0.29) is 11.3 Å². The first-order valence-corrected chi connectivity index (χ1v) is 20.3. The van der Waals surface area contributed by atoms with E-state index in [0.29, 0.717) is 0 Å². The van der Waals surface area contributed by atoms with Gasteiger partial charge in [0.2, 0.25) is 0 Å². The van der Waals surface area contributed by atoms with Crippen molar-refractivity contribution in [1.29, 1.82) is 0 Å². The third-order valence-electron chi connectivity index (χ3n) is 12.0. The van der Waals surface area contributed by atoms with Crippen LogP contribution in [-0.2, 0) is 5.41 Å². The van der Waals surface area contributed by atoms with Gasteiger partial charge in [0.05, 0.1) is 0 Å². The molecular weight excluding hydrogens is 697 g/mol. The Balaban J connectivity index is 1.00. The largest absolute Gasteiger partial charge is 0.456 e. The molecule has 0 spiro atoms. The second-order valence-corrected chi connectivity index (χ2v) is 16.7. The number of benzene rings is 8. The summed E-state index contributed by atoms with van der Waals surface area (Å²) in [7, 11) is 0. The highest BCUT2D eigenvalue weighted by atomic mass is 32.1. The van der Waals surface area contributed by atoms with Crippen molar-refractivity contribution in [3.05, 3.63) is 216 Å². The van der Waals surface area contributed by atoms with E-state index in [0.717, 1.165) is 21.9 Å². The van der Waals surface area contributed by atoms with Gasteiger partial charge in [0.25, 0.3) is 0 Å². The molecule has 11 rings (SSSR count). The van der Waals surface area contributed by atoms with Crippen LogP contribution < -0.4 is 0 Å². The number of hydrogen-bond acceptors (Lipinski definition) is 2. The summed E-state index contributed by atoms with van der Waals surface area (Å²) in [5, 5.41) is 3.66. The van der Waals surface area contributed by atoms with Crippen molar-refractivity contribution in [3.63, 3.8) is 0 Å². The van der Waals surface area contributed by atoms with Gasteiger partial charge in [-0.15, -0.1) is 11.3 Å². The van der Waals surface area contributed by atoms with Gasteiger partial charge in [0.15, 0.2) is 0 Å². The molecule has 0 atom stereocenters. The smallest absolute Gasteiger partial charge is 0.136 e. The Kier molecular flexibility index (Phi) is 7.52. The van der Waals surface area contributed by atoms with E-state index in [1.54, 1.807) is 0 Å². The predicted molar refractivity (Wildman–Crippen MR) is 237 cm³/mol. The van der Waals surface area contributed by atoms with Crippen LogP contribution in [0.3, 0.4) is 0 Å². The predicted octanol–water partition coefficient (Wildman–Crippen LogP) is 15.3. The molecule has 1 nitrogen and oxygen atoms in total. The molecular formula is C54H38OS. The Morgan fingerprint density at radius 1 is 0.411 bits per heavy atom. The molecule has 1 aliphatic rings. The monoisotopic (exact) mass is 734 g/mol. The summed E-state index contributed by atoms with van der Waals surface area (Å²) in [6.45, 7) is 4.78. The first-order chi connectivity index (χ1) is 27.5. The Hall–Kier alpha value is -6.48. The van der Waals surface area contributed by atoms with Gasteiger partial charge in [0.1, 0.15) is 11.2 Å². The molecule has 0 bridgehead atoms. The van der Waals surface area contributed by atoms with Crippen LogP contribution >= 0.6 is 11.3 Å². The van der Waals surface area contributed by atoms with Gasteiger partial charge in [0, 0.05) is 31.7 Å². The lowest BCUT2D eigenvalue weighted by Gasteiger charge is -2.24. The molecule has 0 unspecified atom stereocenters. The van der Waals surface area contributed by atoms with Crippen molar-refractivity contribution in [3.8, 4) is 43.8 Å². The van der Waals surface area contributed by atoms with Crippen LogP contribution in [0.4, 0.5) is 0 Å². The van der Waals surface area contributed by atoms with Crippen molar-refractivity contribution in [2.24, 2.45) is 0 Å². The maximum Gasteiger partial charge on any atom is 0.136 e. The van der Waals surface area contributed by atoms with Crippen molar-refractivity contribution in [2.45, 2.75) is 25.2 Å². The lowest BCUT2D eigenvalue weighted by atomic mass is 9.78. The Morgan fingerprint density at radius 3 is 1.59 bits per heavy atom. The van der Waals surface area contributed by atoms with E-state index in [1.165, 1.54) is 81.7 Å². The van der Waals surface area contributed by atoms with E-state index in [1.807, 2.05) is 11.3 Å². The summed E-state index contributed by atoms with van der Waals surface area (Å²) in [5.74, 6) is 0.0319. The molecule has 0 aliphatic heterocycles. The van der Waals surface area contributed by atoms with E-state index in [2.05, 4.69) is 202 Å². The van der Waals surface area contributed by atoms with E-state index >= 15 is 0 Å². The first-order valence-electron chi connectivity index (χ1n) is 19.4. The molecule has 2 heteroatoms. The van der Waals surface area contributed by atoms with Crippen LogP contribution in [0.25, 0.3) is 75.8 Å². The number of furan rings is 1.